The molecule has 0 amide bonds. The van der Waals surface area contributed by atoms with Gasteiger partial charge in [-0.2, -0.15) is 0 Å². The molecule has 0 saturated carbocycles. The first-order chi connectivity index (χ1) is 10.3. The van der Waals surface area contributed by atoms with Crippen LogP contribution in [0.2, 0.25) is 0 Å². The van der Waals surface area contributed by atoms with Crippen LogP contribution in [0.5, 0.6) is 11.5 Å². The van der Waals surface area contributed by atoms with Crippen molar-refractivity contribution in [2.45, 2.75) is 18.2 Å². The highest BCUT2D eigenvalue weighted by molar-refractivity contribution is 9.10. The smallest absolute Gasteiger partial charge is 0.122 e. The van der Waals surface area contributed by atoms with E-state index in [4.69, 9.17) is 21.1 Å². The molecule has 0 bridgehead atoms. The number of ether oxygens (including phenoxy) is 2. The molecule has 2 aromatic carbocycles. The Bertz CT molecular complexity index is 630. The van der Waals surface area contributed by atoms with Crippen molar-refractivity contribution < 1.29 is 9.47 Å². The average Bonchev–Trinajstić information content (AvgIpc) is 2.54. The van der Waals surface area contributed by atoms with E-state index in [0.29, 0.717) is 18.4 Å². The maximum Gasteiger partial charge on any atom is 0.122 e. The lowest BCUT2D eigenvalue weighted by atomic mass is 9.94. The maximum absolute atomic E-state index is 5.96. The summed E-state index contributed by atoms with van der Waals surface area (Å²) in [7, 11) is 0. The molecule has 3 rings (SSSR count). The number of rotatable bonds is 4. The van der Waals surface area contributed by atoms with E-state index in [9.17, 15) is 0 Å². The predicted octanol–water partition coefficient (Wildman–Crippen LogP) is 5.13. The van der Waals surface area contributed by atoms with Crippen LogP contribution < -0.4 is 9.47 Å². The predicted molar refractivity (Wildman–Crippen MR) is 88.5 cm³/mol. The molecule has 1 atom stereocenters. The second-order valence-corrected chi connectivity index (χ2v) is 6.19. The van der Waals surface area contributed by atoms with E-state index < -0.39 is 0 Å². The summed E-state index contributed by atoms with van der Waals surface area (Å²) in [6.07, 6.45) is 0.982. The van der Waals surface area contributed by atoms with E-state index >= 15 is 0 Å². The van der Waals surface area contributed by atoms with Gasteiger partial charge in [-0.15, -0.1) is 11.6 Å². The lowest BCUT2D eigenvalue weighted by Gasteiger charge is -2.25. The molecular weight excluding hydrogens is 352 g/mol. The zero-order valence-electron chi connectivity index (χ0n) is 11.5. The van der Waals surface area contributed by atoms with Crippen LogP contribution in [0.15, 0.2) is 46.9 Å². The average molecular weight is 368 g/mol. The van der Waals surface area contributed by atoms with Crippen LogP contribution in [-0.2, 0) is 5.88 Å². The molecule has 4 heteroatoms. The minimum atomic E-state index is 0.373. The van der Waals surface area contributed by atoms with Crippen LogP contribution in [-0.4, -0.2) is 13.2 Å². The zero-order valence-corrected chi connectivity index (χ0v) is 13.9. The molecule has 1 aliphatic rings. The summed E-state index contributed by atoms with van der Waals surface area (Å²) >= 11 is 9.40. The molecule has 0 N–H and O–H groups in total. The molecule has 1 aliphatic heterocycles. The van der Waals surface area contributed by atoms with Crippen LogP contribution in [0, 0.1) is 0 Å². The van der Waals surface area contributed by atoms with Gasteiger partial charge in [-0.1, -0.05) is 34.1 Å². The minimum absolute atomic E-state index is 0.373. The summed E-state index contributed by atoms with van der Waals surface area (Å²) < 4.78 is 12.7. The molecule has 1 unspecified atom stereocenters. The topological polar surface area (TPSA) is 18.5 Å². The number of benzene rings is 2. The lowest BCUT2D eigenvalue weighted by molar-refractivity contribution is 0.217. The molecule has 0 fully saturated rings. The Kier molecular flexibility index (Phi) is 4.71. The second-order valence-electron chi connectivity index (χ2n) is 5.07. The molecule has 2 aromatic rings. The molecule has 110 valence electrons. The van der Waals surface area contributed by atoms with Crippen LogP contribution in [0.25, 0.3) is 0 Å². The molecule has 0 spiro atoms. The largest absolute Gasteiger partial charge is 0.493 e. The van der Waals surface area contributed by atoms with Gasteiger partial charge in [-0.05, 0) is 36.2 Å². The Morgan fingerprint density at radius 1 is 1.24 bits per heavy atom. The van der Waals surface area contributed by atoms with Crippen molar-refractivity contribution in [3.63, 3.8) is 0 Å². The third kappa shape index (κ3) is 3.35. The number of fused-ring (bicyclic) bond motifs is 1. The van der Waals surface area contributed by atoms with E-state index in [0.717, 1.165) is 34.6 Å². The first kappa shape index (κ1) is 14.7. The van der Waals surface area contributed by atoms with E-state index in [1.807, 2.05) is 36.4 Å². The summed E-state index contributed by atoms with van der Waals surface area (Å²) in [5.74, 6) is 2.68. The van der Waals surface area contributed by atoms with Crippen molar-refractivity contribution in [1.82, 2.24) is 0 Å². The summed E-state index contributed by atoms with van der Waals surface area (Å²) in [4.78, 5) is 0. The van der Waals surface area contributed by atoms with Crippen LogP contribution in [0.1, 0.15) is 23.5 Å². The number of hydrogen-bond donors (Lipinski definition) is 0. The fourth-order valence-electron chi connectivity index (χ4n) is 2.53. The van der Waals surface area contributed by atoms with Gasteiger partial charge in [0.2, 0.25) is 0 Å². The molecule has 1 heterocycles. The van der Waals surface area contributed by atoms with Gasteiger partial charge in [-0.3, -0.25) is 0 Å². The quantitative estimate of drug-likeness (QED) is 0.697. The highest BCUT2D eigenvalue weighted by atomic mass is 79.9. The second kappa shape index (κ2) is 6.71. The normalized spacial score (nSPS) is 17.0. The Morgan fingerprint density at radius 2 is 2.10 bits per heavy atom. The fourth-order valence-corrected chi connectivity index (χ4v) is 3.30. The van der Waals surface area contributed by atoms with Gasteiger partial charge >= 0.3 is 0 Å². The van der Waals surface area contributed by atoms with Gasteiger partial charge in [0.1, 0.15) is 11.5 Å². The van der Waals surface area contributed by atoms with Gasteiger partial charge in [0, 0.05) is 21.8 Å². The lowest BCUT2D eigenvalue weighted by Crippen LogP contribution is -2.19. The fraction of sp³-hybridized carbons (Fsp3) is 0.294. The molecule has 0 aromatic heterocycles. The first-order valence-electron chi connectivity index (χ1n) is 6.97. The Hall–Kier alpha value is -1.19. The van der Waals surface area contributed by atoms with E-state index in [1.165, 1.54) is 5.56 Å². The van der Waals surface area contributed by atoms with Gasteiger partial charge in [0.25, 0.3) is 0 Å². The third-order valence-corrected chi connectivity index (χ3v) is 4.76. The van der Waals surface area contributed by atoms with E-state index in [2.05, 4.69) is 22.0 Å². The summed E-state index contributed by atoms with van der Waals surface area (Å²) in [6, 6.07) is 14.1. The van der Waals surface area contributed by atoms with Gasteiger partial charge < -0.3 is 9.47 Å². The number of para-hydroxylation sites is 1. The van der Waals surface area contributed by atoms with Crippen molar-refractivity contribution in [1.29, 1.82) is 0 Å². The summed E-state index contributed by atoms with van der Waals surface area (Å²) in [5.41, 5.74) is 2.28. The molecule has 21 heavy (non-hydrogen) atoms. The van der Waals surface area contributed by atoms with E-state index in [-0.39, 0.29) is 0 Å². The van der Waals surface area contributed by atoms with Crippen molar-refractivity contribution in [2.75, 3.05) is 13.2 Å². The first-order valence-corrected chi connectivity index (χ1v) is 8.29. The SMILES string of the molecule is ClCc1cc(OCC2CCOc3ccccc32)ccc1Br. The number of halogens is 2. The number of hydrogen-bond acceptors (Lipinski definition) is 2. The van der Waals surface area contributed by atoms with Crippen molar-refractivity contribution in [3.8, 4) is 11.5 Å². The minimum Gasteiger partial charge on any atom is -0.493 e. The van der Waals surface area contributed by atoms with Gasteiger partial charge in [0.05, 0.1) is 13.2 Å². The molecule has 0 saturated heterocycles. The molecule has 0 aliphatic carbocycles. The molecule has 0 radical (unpaired) electrons. The molecule has 2 nitrogen and oxygen atoms in total. The Morgan fingerprint density at radius 3 is 2.95 bits per heavy atom. The van der Waals surface area contributed by atoms with Crippen LogP contribution >= 0.6 is 27.5 Å². The highest BCUT2D eigenvalue weighted by Gasteiger charge is 2.21. The molecular formula is C17H16BrClO2. The summed E-state index contributed by atoms with van der Waals surface area (Å²) in [5, 5.41) is 0. The zero-order chi connectivity index (χ0) is 14.7. The standard InChI is InChI=1S/C17H16BrClO2/c18-16-6-5-14(9-13(16)10-19)21-11-12-7-8-20-17-4-2-1-3-15(12)17/h1-6,9,12H,7-8,10-11H2. The van der Waals surface area contributed by atoms with Crippen molar-refractivity contribution in [2.24, 2.45) is 0 Å². The van der Waals surface area contributed by atoms with Gasteiger partial charge in [-0.25, -0.2) is 0 Å². The van der Waals surface area contributed by atoms with Crippen LogP contribution in [0.3, 0.4) is 0 Å². The van der Waals surface area contributed by atoms with E-state index in [1.54, 1.807) is 0 Å². The highest BCUT2D eigenvalue weighted by Crippen LogP contribution is 2.34. The third-order valence-electron chi connectivity index (χ3n) is 3.70. The Labute approximate surface area is 138 Å². The number of alkyl halides is 1. The maximum atomic E-state index is 5.96. The Balaban J connectivity index is 1.71. The van der Waals surface area contributed by atoms with Crippen molar-refractivity contribution in [3.05, 3.63) is 58.1 Å². The van der Waals surface area contributed by atoms with Gasteiger partial charge in [0.15, 0.2) is 0 Å². The van der Waals surface area contributed by atoms with Crippen molar-refractivity contribution >= 4 is 27.5 Å². The summed E-state index contributed by atoms with van der Waals surface area (Å²) in [6.45, 7) is 1.40. The monoisotopic (exact) mass is 366 g/mol. The van der Waals surface area contributed by atoms with Crippen LogP contribution in [0.4, 0.5) is 0 Å².